The van der Waals surface area contributed by atoms with Gasteiger partial charge in [-0.3, -0.25) is 4.90 Å². The van der Waals surface area contributed by atoms with E-state index in [-0.39, 0.29) is 17.8 Å². The second kappa shape index (κ2) is 8.85. The quantitative estimate of drug-likeness (QED) is 0.579. The van der Waals surface area contributed by atoms with E-state index >= 15 is 0 Å². The van der Waals surface area contributed by atoms with Gasteiger partial charge in [-0.2, -0.15) is 4.98 Å². The average Bonchev–Trinajstić information content (AvgIpc) is 3.25. The number of rotatable bonds is 5. The molecule has 7 nitrogen and oxygen atoms in total. The number of hydrogen-bond acceptors (Lipinski definition) is 7. The number of benzene rings is 2. The number of nitrogens with zero attached hydrogens (tertiary/aromatic N) is 4. The van der Waals surface area contributed by atoms with Gasteiger partial charge in [-0.15, -0.1) is 0 Å². The Labute approximate surface area is 180 Å². The molecule has 1 aromatic heterocycles. The van der Waals surface area contributed by atoms with Gasteiger partial charge in [0.1, 0.15) is 5.82 Å². The van der Waals surface area contributed by atoms with Crippen LogP contribution in [0.4, 0.5) is 10.1 Å². The molecule has 0 radical (unpaired) electrons. The lowest BCUT2D eigenvalue weighted by Gasteiger charge is -2.40. The molecule has 0 amide bonds. The average molecular weight is 424 g/mol. The Morgan fingerprint density at radius 3 is 2.68 bits per heavy atom. The molecule has 1 atom stereocenters. The first kappa shape index (κ1) is 21.0. The SMILES string of the molecule is COC(=O)c1ccc(N2CCN(Cc3nc(-c4ccc(C)c(F)c4)no3)C(C)C2)cc1. The summed E-state index contributed by atoms with van der Waals surface area (Å²) in [4.78, 5) is 20.6. The Hall–Kier alpha value is -3.26. The van der Waals surface area contributed by atoms with Crippen LogP contribution in [0.25, 0.3) is 11.4 Å². The minimum atomic E-state index is -0.336. The second-order valence-electron chi connectivity index (χ2n) is 7.78. The molecule has 1 unspecified atom stereocenters. The van der Waals surface area contributed by atoms with Crippen molar-refractivity contribution in [2.75, 3.05) is 31.6 Å². The minimum absolute atomic E-state index is 0.265. The molecule has 1 saturated heterocycles. The van der Waals surface area contributed by atoms with Crippen LogP contribution in [-0.4, -0.2) is 53.8 Å². The van der Waals surface area contributed by atoms with E-state index in [9.17, 15) is 9.18 Å². The highest BCUT2D eigenvalue weighted by atomic mass is 19.1. The first-order valence-corrected chi connectivity index (χ1v) is 10.2. The summed E-state index contributed by atoms with van der Waals surface area (Å²) < 4.78 is 24.0. The van der Waals surface area contributed by atoms with E-state index < -0.39 is 0 Å². The molecule has 3 aromatic rings. The molecule has 4 rings (SSSR count). The lowest BCUT2D eigenvalue weighted by molar-refractivity contribution is 0.0600. The number of piperazine rings is 1. The van der Waals surface area contributed by atoms with Crippen LogP contribution in [0.3, 0.4) is 0 Å². The van der Waals surface area contributed by atoms with Gasteiger partial charge in [-0.25, -0.2) is 9.18 Å². The van der Waals surface area contributed by atoms with Crippen molar-refractivity contribution in [1.29, 1.82) is 0 Å². The summed E-state index contributed by atoms with van der Waals surface area (Å²) in [5, 5.41) is 4.01. The Morgan fingerprint density at radius 1 is 1.23 bits per heavy atom. The number of carbonyl (C=O) groups excluding carboxylic acids is 1. The molecule has 1 fully saturated rings. The van der Waals surface area contributed by atoms with Crippen molar-refractivity contribution in [3.8, 4) is 11.4 Å². The zero-order chi connectivity index (χ0) is 22.0. The van der Waals surface area contributed by atoms with E-state index in [4.69, 9.17) is 9.26 Å². The largest absolute Gasteiger partial charge is 0.465 e. The topological polar surface area (TPSA) is 71.7 Å². The predicted molar refractivity (Wildman–Crippen MR) is 114 cm³/mol. The van der Waals surface area contributed by atoms with Crippen molar-refractivity contribution in [2.24, 2.45) is 0 Å². The highest BCUT2D eigenvalue weighted by molar-refractivity contribution is 5.89. The van der Waals surface area contributed by atoms with Crippen LogP contribution < -0.4 is 4.90 Å². The van der Waals surface area contributed by atoms with E-state index in [0.29, 0.717) is 35.0 Å². The van der Waals surface area contributed by atoms with Gasteiger partial charge in [0.15, 0.2) is 0 Å². The molecule has 8 heteroatoms. The molecule has 1 aliphatic rings. The first-order valence-electron chi connectivity index (χ1n) is 10.2. The number of carbonyl (C=O) groups is 1. The zero-order valence-electron chi connectivity index (χ0n) is 17.8. The number of ether oxygens (including phenoxy) is 1. The molecule has 0 saturated carbocycles. The Kier molecular flexibility index (Phi) is 5.99. The van der Waals surface area contributed by atoms with Gasteiger partial charge in [0.2, 0.25) is 11.7 Å². The number of halogens is 1. The highest BCUT2D eigenvalue weighted by Crippen LogP contribution is 2.23. The number of methoxy groups -OCH3 is 1. The van der Waals surface area contributed by atoms with Crippen molar-refractivity contribution in [3.05, 3.63) is 65.3 Å². The predicted octanol–water partition coefficient (Wildman–Crippen LogP) is 3.68. The first-order chi connectivity index (χ1) is 14.9. The third-order valence-corrected chi connectivity index (χ3v) is 5.66. The standard InChI is InChI=1S/C23H25FN4O3/c1-15-4-5-18(12-20(15)24)22-25-21(31-26-22)14-27-10-11-28(13-16(27)2)19-8-6-17(7-9-19)23(29)30-3/h4-9,12,16H,10-11,13-14H2,1-3H3. The molecule has 2 heterocycles. The van der Waals surface area contributed by atoms with Gasteiger partial charge in [0.25, 0.3) is 0 Å². The van der Waals surface area contributed by atoms with Gasteiger partial charge < -0.3 is 14.2 Å². The van der Waals surface area contributed by atoms with Crippen LogP contribution in [-0.2, 0) is 11.3 Å². The Balaban J connectivity index is 1.38. The summed E-state index contributed by atoms with van der Waals surface area (Å²) in [7, 11) is 1.38. The summed E-state index contributed by atoms with van der Waals surface area (Å²) in [6.45, 7) is 6.92. The summed E-state index contributed by atoms with van der Waals surface area (Å²) in [6, 6.07) is 12.6. The van der Waals surface area contributed by atoms with Crippen molar-refractivity contribution < 1.29 is 18.4 Å². The van der Waals surface area contributed by atoms with Gasteiger partial charge in [-0.05, 0) is 49.7 Å². The van der Waals surface area contributed by atoms with Crippen molar-refractivity contribution >= 4 is 11.7 Å². The number of anilines is 1. The summed E-state index contributed by atoms with van der Waals surface area (Å²) in [6.07, 6.45) is 0. The monoisotopic (exact) mass is 424 g/mol. The molecule has 2 aromatic carbocycles. The molecule has 0 bridgehead atoms. The van der Waals surface area contributed by atoms with Gasteiger partial charge in [-0.1, -0.05) is 17.3 Å². The summed E-state index contributed by atoms with van der Waals surface area (Å²) >= 11 is 0. The van der Waals surface area contributed by atoms with Crippen LogP contribution in [0.1, 0.15) is 28.7 Å². The van der Waals surface area contributed by atoms with Crippen LogP contribution in [0, 0.1) is 12.7 Å². The minimum Gasteiger partial charge on any atom is -0.465 e. The number of hydrogen-bond donors (Lipinski definition) is 0. The molecular formula is C23H25FN4O3. The fraction of sp³-hybridized carbons (Fsp3) is 0.348. The smallest absolute Gasteiger partial charge is 0.337 e. The second-order valence-corrected chi connectivity index (χ2v) is 7.78. The molecular weight excluding hydrogens is 399 g/mol. The lowest BCUT2D eigenvalue weighted by Crippen LogP contribution is -2.51. The zero-order valence-corrected chi connectivity index (χ0v) is 17.8. The summed E-state index contributed by atoms with van der Waals surface area (Å²) in [5.41, 5.74) is 2.80. The molecule has 31 heavy (non-hydrogen) atoms. The van der Waals surface area contributed by atoms with Crippen LogP contribution in [0.15, 0.2) is 47.0 Å². The summed E-state index contributed by atoms with van der Waals surface area (Å²) in [5.74, 6) is 0.287. The van der Waals surface area contributed by atoms with Crippen molar-refractivity contribution in [1.82, 2.24) is 15.0 Å². The maximum absolute atomic E-state index is 13.8. The number of aryl methyl sites for hydroxylation is 1. The fourth-order valence-electron chi connectivity index (χ4n) is 3.73. The van der Waals surface area contributed by atoms with Gasteiger partial charge in [0, 0.05) is 36.9 Å². The van der Waals surface area contributed by atoms with E-state index in [1.165, 1.54) is 13.2 Å². The van der Waals surface area contributed by atoms with Crippen molar-refractivity contribution in [2.45, 2.75) is 26.4 Å². The Bertz CT molecular complexity index is 1070. The highest BCUT2D eigenvalue weighted by Gasteiger charge is 2.26. The van der Waals surface area contributed by atoms with Gasteiger partial charge >= 0.3 is 5.97 Å². The fourth-order valence-corrected chi connectivity index (χ4v) is 3.73. The normalized spacial score (nSPS) is 17.0. The number of aromatic nitrogens is 2. The maximum Gasteiger partial charge on any atom is 0.337 e. The molecule has 1 aliphatic heterocycles. The Morgan fingerprint density at radius 2 is 2.00 bits per heavy atom. The van der Waals surface area contributed by atoms with Gasteiger partial charge in [0.05, 0.1) is 19.2 Å². The lowest BCUT2D eigenvalue weighted by atomic mass is 10.1. The third-order valence-electron chi connectivity index (χ3n) is 5.66. The molecule has 162 valence electrons. The molecule has 0 aliphatic carbocycles. The van der Waals surface area contributed by atoms with E-state index in [1.807, 2.05) is 12.1 Å². The van der Waals surface area contributed by atoms with E-state index in [0.717, 1.165) is 25.3 Å². The van der Waals surface area contributed by atoms with Crippen LogP contribution in [0.5, 0.6) is 0 Å². The molecule has 0 spiro atoms. The van der Waals surface area contributed by atoms with E-state index in [2.05, 4.69) is 26.9 Å². The third kappa shape index (κ3) is 4.59. The maximum atomic E-state index is 13.8. The van der Waals surface area contributed by atoms with Crippen LogP contribution in [0.2, 0.25) is 0 Å². The van der Waals surface area contributed by atoms with E-state index in [1.54, 1.807) is 31.2 Å². The number of esters is 1. The van der Waals surface area contributed by atoms with Crippen molar-refractivity contribution in [3.63, 3.8) is 0 Å². The molecule has 0 N–H and O–H groups in total. The van der Waals surface area contributed by atoms with Crippen LogP contribution >= 0.6 is 0 Å².